The molecule has 0 aliphatic carbocycles. The number of carbonyl (C=O) groups is 2. The summed E-state index contributed by atoms with van der Waals surface area (Å²) < 4.78 is 12.7. The lowest BCUT2D eigenvalue weighted by atomic mass is 9.89. The Hall–Kier alpha value is -4.43. The molecule has 1 aromatic heterocycles. The van der Waals surface area contributed by atoms with Gasteiger partial charge >= 0.3 is 5.97 Å². The lowest BCUT2D eigenvalue weighted by Gasteiger charge is -2.39. The number of fused-ring (bicyclic) bond motifs is 1. The quantitative estimate of drug-likeness (QED) is 0.156. The molecule has 0 aliphatic heterocycles. The second-order valence-electron chi connectivity index (χ2n) is 11.3. The minimum absolute atomic E-state index is 0.0338. The molecular formula is C35H42N3O5+. The van der Waals surface area contributed by atoms with E-state index < -0.39 is 18.5 Å². The van der Waals surface area contributed by atoms with E-state index in [-0.39, 0.29) is 17.4 Å². The number of hydrogen-bond donors (Lipinski definition) is 2. The van der Waals surface area contributed by atoms with Crippen molar-refractivity contribution < 1.29 is 28.7 Å². The number of aryl methyl sites for hydroxylation is 1. The number of nitrogens with two attached hydrogens (primary N) is 1. The van der Waals surface area contributed by atoms with E-state index in [1.807, 2.05) is 54.6 Å². The summed E-state index contributed by atoms with van der Waals surface area (Å²) in [5, 5.41) is 11.5. The molecule has 1 heterocycles. The molecule has 8 heteroatoms. The molecule has 8 nitrogen and oxygen atoms in total. The molecular weight excluding hydrogens is 542 g/mol. The number of primary amides is 1. The third-order valence-electron chi connectivity index (χ3n) is 7.90. The molecule has 3 aromatic carbocycles. The van der Waals surface area contributed by atoms with Crippen molar-refractivity contribution in [1.82, 2.24) is 4.98 Å². The number of quaternary nitrogens is 1. The molecule has 0 saturated carbocycles. The number of unbranched alkanes of at least 4 members (excludes halogenated alkanes) is 1. The highest BCUT2D eigenvalue weighted by atomic mass is 16.5. The van der Waals surface area contributed by atoms with Crippen LogP contribution in [0.25, 0.3) is 21.9 Å². The van der Waals surface area contributed by atoms with E-state index in [1.165, 1.54) is 0 Å². The molecule has 226 valence electrons. The summed E-state index contributed by atoms with van der Waals surface area (Å²) in [6.07, 6.45) is 3.86. The monoisotopic (exact) mass is 584 g/mol. The maximum Gasteiger partial charge on any atom is 0.341 e. The normalized spacial score (nSPS) is 12.2. The first-order chi connectivity index (χ1) is 20.7. The molecule has 4 aromatic rings. The first-order valence-corrected chi connectivity index (χ1v) is 14.9. The van der Waals surface area contributed by atoms with E-state index in [9.17, 15) is 14.7 Å². The number of hydrogen-bond acceptors (Lipinski definition) is 5. The predicted octanol–water partition coefficient (Wildman–Crippen LogP) is 6.41. The van der Waals surface area contributed by atoms with Gasteiger partial charge in [0.1, 0.15) is 24.9 Å². The zero-order valence-electron chi connectivity index (χ0n) is 25.5. The third-order valence-corrected chi connectivity index (χ3v) is 7.90. The fraction of sp³-hybridized carbons (Fsp3) is 0.343. The van der Waals surface area contributed by atoms with Crippen LogP contribution >= 0.6 is 0 Å². The van der Waals surface area contributed by atoms with Crippen molar-refractivity contribution in [1.29, 1.82) is 0 Å². The highest BCUT2D eigenvalue weighted by molar-refractivity contribution is 5.99. The van der Waals surface area contributed by atoms with Gasteiger partial charge in [-0.15, -0.1) is 0 Å². The Morgan fingerprint density at radius 1 is 0.977 bits per heavy atom. The lowest BCUT2D eigenvalue weighted by Crippen LogP contribution is -2.46. The van der Waals surface area contributed by atoms with E-state index in [4.69, 9.17) is 20.2 Å². The van der Waals surface area contributed by atoms with Crippen LogP contribution in [0.5, 0.6) is 11.6 Å². The number of aromatic nitrogens is 1. The number of amides is 1. The summed E-state index contributed by atoms with van der Waals surface area (Å²) in [4.78, 5) is 28.7. The van der Waals surface area contributed by atoms with Gasteiger partial charge in [-0.1, -0.05) is 74.9 Å². The Balaban J connectivity index is 1.68. The average molecular weight is 585 g/mol. The molecule has 0 fully saturated rings. The summed E-state index contributed by atoms with van der Waals surface area (Å²) in [7, 11) is 4.30. The van der Waals surface area contributed by atoms with E-state index in [0.29, 0.717) is 29.1 Å². The Kier molecular flexibility index (Phi) is 10.4. The Morgan fingerprint density at radius 2 is 1.70 bits per heavy atom. The van der Waals surface area contributed by atoms with Gasteiger partial charge in [0.05, 0.1) is 19.7 Å². The van der Waals surface area contributed by atoms with Crippen molar-refractivity contribution in [2.75, 3.05) is 33.9 Å². The van der Waals surface area contributed by atoms with Crippen LogP contribution in [-0.2, 0) is 11.2 Å². The van der Waals surface area contributed by atoms with Gasteiger partial charge in [0.25, 0.3) is 5.91 Å². The van der Waals surface area contributed by atoms with E-state index in [0.717, 1.165) is 53.3 Å². The molecule has 0 radical (unpaired) electrons. The molecule has 43 heavy (non-hydrogen) atoms. The van der Waals surface area contributed by atoms with Gasteiger partial charge in [0.2, 0.25) is 5.88 Å². The van der Waals surface area contributed by atoms with Gasteiger partial charge in [-0.2, -0.15) is 0 Å². The van der Waals surface area contributed by atoms with Crippen molar-refractivity contribution in [2.45, 2.75) is 45.6 Å². The molecule has 0 bridgehead atoms. The summed E-state index contributed by atoms with van der Waals surface area (Å²) in [5.74, 6) is -0.981. The SMILES string of the molecule is CCCCc1cc2ccccc2c(OCC[N+](C)(C)[C@@H](CC)c2ccc(C(N)=O)c(OCC(=O)O)c2-c2ccccc2)n1. The minimum atomic E-state index is -1.14. The number of carbonyl (C=O) groups excluding carboxylic acids is 1. The molecule has 4 rings (SSSR count). The summed E-state index contributed by atoms with van der Waals surface area (Å²) >= 11 is 0. The number of ether oxygens (including phenoxy) is 2. The Bertz CT molecular complexity index is 1570. The molecule has 0 aliphatic rings. The lowest BCUT2D eigenvalue weighted by molar-refractivity contribution is -0.921. The van der Waals surface area contributed by atoms with Crippen LogP contribution in [0.4, 0.5) is 0 Å². The van der Waals surface area contributed by atoms with Gasteiger partial charge in [-0.3, -0.25) is 4.79 Å². The van der Waals surface area contributed by atoms with E-state index in [1.54, 1.807) is 6.07 Å². The number of carboxylic acid groups (broad SMARTS) is 1. The topological polar surface area (TPSA) is 112 Å². The first-order valence-electron chi connectivity index (χ1n) is 14.9. The van der Waals surface area contributed by atoms with Crippen LogP contribution in [0.1, 0.15) is 60.8 Å². The summed E-state index contributed by atoms with van der Waals surface area (Å²) in [5.41, 5.74) is 9.33. The zero-order chi connectivity index (χ0) is 31.0. The molecule has 1 amide bonds. The molecule has 0 unspecified atom stereocenters. The van der Waals surface area contributed by atoms with Crippen LogP contribution in [0, 0.1) is 0 Å². The zero-order valence-corrected chi connectivity index (χ0v) is 25.5. The highest BCUT2D eigenvalue weighted by Crippen LogP contribution is 2.43. The van der Waals surface area contributed by atoms with Crippen molar-refractivity contribution in [3.8, 4) is 22.8 Å². The number of rotatable bonds is 15. The standard InChI is InChI=1S/C35H41N3O5/c1-5-7-16-26-22-25-15-11-12-17-27(25)35(37-26)42-21-20-38(3,4)30(6-2)28-18-19-29(34(36)41)33(43-23-31(39)40)32(28)24-13-9-8-10-14-24/h8-15,17-19,22,30H,5-7,16,20-21,23H2,1-4H3,(H2-,36,39,40,41)/p+1/t30-/m0/s1. The largest absolute Gasteiger partial charge is 0.480 e. The van der Waals surface area contributed by atoms with Gasteiger partial charge in [0, 0.05) is 28.6 Å². The molecule has 0 spiro atoms. The summed E-state index contributed by atoms with van der Waals surface area (Å²) in [6.45, 7) is 4.82. The number of likely N-dealkylation sites (N-methyl/N-ethyl adjacent to an activating group) is 1. The molecule has 3 N–H and O–H groups in total. The van der Waals surface area contributed by atoms with Crippen molar-refractivity contribution in [3.63, 3.8) is 0 Å². The summed E-state index contributed by atoms with van der Waals surface area (Å²) in [6, 6.07) is 23.4. The van der Waals surface area contributed by atoms with Gasteiger partial charge in [0.15, 0.2) is 6.61 Å². The van der Waals surface area contributed by atoms with Crippen LogP contribution in [0.2, 0.25) is 0 Å². The molecule has 0 saturated heterocycles. The third kappa shape index (κ3) is 7.51. The highest BCUT2D eigenvalue weighted by Gasteiger charge is 2.33. The minimum Gasteiger partial charge on any atom is -0.480 e. The maximum absolute atomic E-state index is 12.4. The molecule has 1 atom stereocenters. The Labute approximate surface area is 253 Å². The van der Waals surface area contributed by atoms with Crippen LogP contribution < -0.4 is 15.2 Å². The maximum atomic E-state index is 12.4. The van der Waals surface area contributed by atoms with Crippen molar-refractivity contribution >= 4 is 22.6 Å². The second-order valence-corrected chi connectivity index (χ2v) is 11.3. The predicted molar refractivity (Wildman–Crippen MR) is 169 cm³/mol. The number of carboxylic acids is 1. The van der Waals surface area contributed by atoms with Crippen molar-refractivity contribution in [2.24, 2.45) is 5.73 Å². The first kappa shape index (κ1) is 31.5. The van der Waals surface area contributed by atoms with E-state index in [2.05, 4.69) is 40.1 Å². The number of pyridine rings is 1. The van der Waals surface area contributed by atoms with Gasteiger partial charge < -0.3 is 24.8 Å². The fourth-order valence-corrected chi connectivity index (χ4v) is 5.70. The second kappa shape index (κ2) is 14.2. The van der Waals surface area contributed by atoms with Crippen LogP contribution in [0.3, 0.4) is 0 Å². The Morgan fingerprint density at radius 3 is 2.37 bits per heavy atom. The number of nitrogens with zero attached hydrogens (tertiary/aromatic N) is 2. The van der Waals surface area contributed by atoms with Gasteiger partial charge in [-0.05, 0) is 42.0 Å². The smallest absolute Gasteiger partial charge is 0.341 e. The average Bonchev–Trinajstić information content (AvgIpc) is 2.99. The number of benzene rings is 3. The van der Waals surface area contributed by atoms with Crippen LogP contribution in [0.15, 0.2) is 72.8 Å². The van der Waals surface area contributed by atoms with Gasteiger partial charge in [-0.25, -0.2) is 9.78 Å². The van der Waals surface area contributed by atoms with Crippen LogP contribution in [-0.4, -0.2) is 60.3 Å². The fourth-order valence-electron chi connectivity index (χ4n) is 5.70. The number of aliphatic carboxylic acids is 1. The van der Waals surface area contributed by atoms with Crippen molar-refractivity contribution in [3.05, 3.63) is 89.6 Å². The van der Waals surface area contributed by atoms with E-state index >= 15 is 0 Å².